The molecule has 0 unspecified atom stereocenters. The molecule has 0 amide bonds. The van der Waals surface area contributed by atoms with Gasteiger partial charge in [0.1, 0.15) is 0 Å². The van der Waals surface area contributed by atoms with E-state index in [4.69, 9.17) is 10.8 Å². The molecule has 0 fully saturated rings. The predicted octanol–water partition coefficient (Wildman–Crippen LogP) is 1.91. The van der Waals surface area contributed by atoms with Gasteiger partial charge in [-0.25, -0.2) is 4.39 Å². The Morgan fingerprint density at radius 2 is 2.00 bits per heavy atom. The largest absolute Gasteiger partial charge is 0.505 e. The number of anilines is 1. The third-order valence-corrected chi connectivity index (χ3v) is 1.86. The van der Waals surface area contributed by atoms with Gasteiger partial charge in [0, 0.05) is 6.07 Å². The first-order valence-corrected chi connectivity index (χ1v) is 3.99. The van der Waals surface area contributed by atoms with Crippen molar-refractivity contribution in [3.05, 3.63) is 29.8 Å². The van der Waals surface area contributed by atoms with Gasteiger partial charge in [0.25, 0.3) is 0 Å². The summed E-state index contributed by atoms with van der Waals surface area (Å²) in [4.78, 5) is 0. The van der Waals surface area contributed by atoms with E-state index in [1.807, 2.05) is 0 Å². The van der Waals surface area contributed by atoms with Crippen molar-refractivity contribution in [2.45, 2.75) is 0 Å². The van der Waals surface area contributed by atoms with E-state index in [1.54, 1.807) is 0 Å². The standard InChI is InChI=1S/C9H6F2N2O2/c10-8-4(1-2-5(14)9(8)11)6-3-7(12)13-15-6/h1-3,14H,(H2,12,13). The minimum absolute atomic E-state index is 0.00361. The fourth-order valence-electron chi connectivity index (χ4n) is 1.15. The van der Waals surface area contributed by atoms with Crippen molar-refractivity contribution in [3.63, 3.8) is 0 Å². The first-order chi connectivity index (χ1) is 7.09. The van der Waals surface area contributed by atoms with Gasteiger partial charge in [-0.1, -0.05) is 5.16 Å². The first-order valence-electron chi connectivity index (χ1n) is 3.99. The van der Waals surface area contributed by atoms with Crippen molar-refractivity contribution in [2.75, 3.05) is 5.73 Å². The van der Waals surface area contributed by atoms with E-state index in [0.29, 0.717) is 0 Å². The van der Waals surface area contributed by atoms with E-state index in [2.05, 4.69) is 9.68 Å². The summed E-state index contributed by atoms with van der Waals surface area (Å²) in [5, 5.41) is 12.2. The molecule has 0 spiro atoms. The van der Waals surface area contributed by atoms with Crippen LogP contribution in [-0.4, -0.2) is 10.3 Å². The van der Waals surface area contributed by atoms with E-state index in [-0.39, 0.29) is 17.1 Å². The van der Waals surface area contributed by atoms with Crippen LogP contribution in [0, 0.1) is 11.6 Å². The van der Waals surface area contributed by atoms with Crippen molar-refractivity contribution in [1.29, 1.82) is 0 Å². The number of halogens is 2. The molecule has 1 aromatic carbocycles. The Labute approximate surface area is 82.9 Å². The van der Waals surface area contributed by atoms with E-state index < -0.39 is 17.4 Å². The highest BCUT2D eigenvalue weighted by Gasteiger charge is 2.16. The number of aromatic hydroxyl groups is 1. The van der Waals surface area contributed by atoms with Gasteiger partial charge >= 0.3 is 0 Å². The van der Waals surface area contributed by atoms with Gasteiger partial charge in [0.2, 0.25) is 5.82 Å². The Hall–Kier alpha value is -2.11. The van der Waals surface area contributed by atoms with Crippen LogP contribution < -0.4 is 5.73 Å². The van der Waals surface area contributed by atoms with Crippen molar-refractivity contribution < 1.29 is 18.4 Å². The lowest BCUT2D eigenvalue weighted by atomic mass is 10.1. The van der Waals surface area contributed by atoms with Gasteiger partial charge in [0.05, 0.1) is 5.56 Å². The summed E-state index contributed by atoms with van der Waals surface area (Å²) in [5.41, 5.74) is 5.12. The quantitative estimate of drug-likeness (QED) is 0.757. The zero-order valence-electron chi connectivity index (χ0n) is 7.37. The topological polar surface area (TPSA) is 72.3 Å². The van der Waals surface area contributed by atoms with E-state index >= 15 is 0 Å². The van der Waals surface area contributed by atoms with Gasteiger partial charge in [0.15, 0.2) is 23.1 Å². The molecule has 0 saturated heterocycles. The Bertz CT molecular complexity index is 511. The molecule has 15 heavy (non-hydrogen) atoms. The van der Waals surface area contributed by atoms with Gasteiger partial charge in [-0.2, -0.15) is 4.39 Å². The Kier molecular flexibility index (Phi) is 2.03. The fraction of sp³-hybridized carbons (Fsp3) is 0. The summed E-state index contributed by atoms with van der Waals surface area (Å²) in [6.07, 6.45) is 0. The van der Waals surface area contributed by atoms with Crippen LogP contribution in [0.5, 0.6) is 5.75 Å². The molecule has 0 radical (unpaired) electrons. The van der Waals surface area contributed by atoms with Crippen LogP contribution in [0.2, 0.25) is 0 Å². The predicted molar refractivity (Wildman–Crippen MR) is 47.9 cm³/mol. The lowest BCUT2D eigenvalue weighted by Gasteiger charge is -2.00. The van der Waals surface area contributed by atoms with Crippen molar-refractivity contribution in [1.82, 2.24) is 5.16 Å². The Balaban J connectivity index is 2.59. The molecule has 0 atom stereocenters. The second kappa shape index (κ2) is 3.23. The fourth-order valence-corrected chi connectivity index (χ4v) is 1.15. The highest BCUT2D eigenvalue weighted by atomic mass is 19.2. The maximum Gasteiger partial charge on any atom is 0.201 e. The number of rotatable bonds is 1. The summed E-state index contributed by atoms with van der Waals surface area (Å²) < 4.78 is 30.9. The van der Waals surface area contributed by atoms with E-state index in [1.165, 1.54) is 12.1 Å². The highest BCUT2D eigenvalue weighted by molar-refractivity contribution is 5.61. The van der Waals surface area contributed by atoms with E-state index in [0.717, 1.165) is 6.07 Å². The third kappa shape index (κ3) is 1.50. The zero-order valence-corrected chi connectivity index (χ0v) is 7.37. The molecule has 78 valence electrons. The molecule has 1 aromatic heterocycles. The van der Waals surface area contributed by atoms with Gasteiger partial charge in [-0.05, 0) is 12.1 Å². The summed E-state index contributed by atoms with van der Waals surface area (Å²) in [5.74, 6) is -3.22. The lowest BCUT2D eigenvalue weighted by molar-refractivity contribution is 0.403. The molecule has 0 aliphatic heterocycles. The zero-order chi connectivity index (χ0) is 11.0. The van der Waals surface area contributed by atoms with Crippen LogP contribution >= 0.6 is 0 Å². The number of hydrogen-bond acceptors (Lipinski definition) is 4. The van der Waals surface area contributed by atoms with Crippen molar-refractivity contribution in [2.24, 2.45) is 0 Å². The van der Waals surface area contributed by atoms with Gasteiger partial charge in [-0.3, -0.25) is 0 Å². The van der Waals surface area contributed by atoms with Gasteiger partial charge in [-0.15, -0.1) is 0 Å². The Morgan fingerprint density at radius 3 is 2.60 bits per heavy atom. The molecular weight excluding hydrogens is 206 g/mol. The normalized spacial score (nSPS) is 10.5. The number of phenols is 1. The second-order valence-corrected chi connectivity index (χ2v) is 2.88. The van der Waals surface area contributed by atoms with Crippen LogP contribution in [0.4, 0.5) is 14.6 Å². The molecule has 0 saturated carbocycles. The van der Waals surface area contributed by atoms with E-state index in [9.17, 15) is 8.78 Å². The summed E-state index contributed by atoms with van der Waals surface area (Å²) in [6.45, 7) is 0. The average molecular weight is 212 g/mol. The summed E-state index contributed by atoms with van der Waals surface area (Å²) in [6, 6.07) is 3.45. The number of nitrogens with two attached hydrogens (primary N) is 1. The van der Waals surface area contributed by atoms with Crippen molar-refractivity contribution >= 4 is 5.82 Å². The van der Waals surface area contributed by atoms with Crippen LogP contribution in [0.1, 0.15) is 0 Å². The molecule has 2 aromatic rings. The number of aromatic nitrogens is 1. The first kappa shape index (κ1) is 9.45. The SMILES string of the molecule is Nc1cc(-c2ccc(O)c(F)c2F)on1. The molecular formula is C9H6F2N2O2. The molecule has 6 heteroatoms. The highest BCUT2D eigenvalue weighted by Crippen LogP contribution is 2.29. The molecule has 0 bridgehead atoms. The van der Waals surface area contributed by atoms with Crippen LogP contribution in [0.15, 0.2) is 22.7 Å². The maximum absolute atomic E-state index is 13.3. The maximum atomic E-state index is 13.3. The minimum atomic E-state index is -1.33. The number of nitrogens with zero attached hydrogens (tertiary/aromatic N) is 1. The van der Waals surface area contributed by atoms with Crippen LogP contribution in [0.25, 0.3) is 11.3 Å². The number of nitrogen functional groups attached to an aromatic ring is 1. The molecule has 3 N–H and O–H groups in total. The average Bonchev–Trinajstić information content (AvgIpc) is 2.61. The van der Waals surface area contributed by atoms with Crippen molar-refractivity contribution in [3.8, 4) is 17.1 Å². The lowest BCUT2D eigenvalue weighted by Crippen LogP contribution is -1.89. The van der Waals surface area contributed by atoms with Gasteiger partial charge < -0.3 is 15.4 Å². The molecule has 4 nitrogen and oxygen atoms in total. The van der Waals surface area contributed by atoms with Crippen LogP contribution in [0.3, 0.4) is 0 Å². The second-order valence-electron chi connectivity index (χ2n) is 2.88. The minimum Gasteiger partial charge on any atom is -0.505 e. The Morgan fingerprint density at radius 1 is 1.27 bits per heavy atom. The number of benzene rings is 1. The molecule has 0 aliphatic rings. The summed E-state index contributed by atoms with van der Waals surface area (Å²) >= 11 is 0. The van der Waals surface area contributed by atoms with Crippen LogP contribution in [-0.2, 0) is 0 Å². The third-order valence-electron chi connectivity index (χ3n) is 1.86. The summed E-state index contributed by atoms with van der Waals surface area (Å²) in [7, 11) is 0. The smallest absolute Gasteiger partial charge is 0.201 e. The molecule has 2 rings (SSSR count). The number of phenolic OH excluding ortho intramolecular Hbond substituents is 1. The molecule has 1 heterocycles. The number of hydrogen-bond donors (Lipinski definition) is 2. The monoisotopic (exact) mass is 212 g/mol. The molecule has 0 aliphatic carbocycles.